The van der Waals surface area contributed by atoms with Crippen molar-refractivity contribution < 1.29 is 37.3 Å². The van der Waals surface area contributed by atoms with E-state index in [1.807, 2.05) is 0 Å². The maximum Gasteiger partial charge on any atom is 0.416 e. The minimum atomic E-state index is -4.56. The van der Waals surface area contributed by atoms with Gasteiger partial charge < -0.3 is 19.9 Å². The standard InChI is InChI=1S/C24H20F3NO5/c1-3-23(31,21(30)28-16-5-6-17-14(10-16)12-33-20(17)29)13-22(8-9-22)18-11-15(24(25,26)27)4-7-19(18)32-2/h1,4-7,10-11,31H,8-9,12-13H2,2H3,(H,28,30). The first-order valence-corrected chi connectivity index (χ1v) is 10.1. The van der Waals surface area contributed by atoms with Crippen LogP contribution < -0.4 is 10.1 Å². The van der Waals surface area contributed by atoms with Gasteiger partial charge in [-0.25, -0.2) is 4.79 Å². The van der Waals surface area contributed by atoms with E-state index in [-0.39, 0.29) is 24.3 Å². The first-order valence-electron chi connectivity index (χ1n) is 10.1. The summed E-state index contributed by atoms with van der Waals surface area (Å²) in [5, 5.41) is 13.6. The number of aliphatic hydroxyl groups is 1. The predicted molar refractivity (Wildman–Crippen MR) is 111 cm³/mol. The number of nitrogens with one attached hydrogen (secondary N) is 1. The van der Waals surface area contributed by atoms with Crippen LogP contribution in [0.1, 0.15) is 46.3 Å². The molecule has 0 saturated heterocycles. The van der Waals surface area contributed by atoms with Crippen LogP contribution in [0.2, 0.25) is 0 Å². The average molecular weight is 459 g/mol. The Bertz CT molecular complexity index is 1180. The molecule has 1 unspecified atom stereocenters. The van der Waals surface area contributed by atoms with E-state index in [0.29, 0.717) is 29.7 Å². The number of cyclic esters (lactones) is 1. The van der Waals surface area contributed by atoms with E-state index in [0.717, 1.165) is 12.1 Å². The molecular formula is C24H20F3NO5. The number of fused-ring (bicyclic) bond motifs is 1. The van der Waals surface area contributed by atoms with Gasteiger partial charge in [0.05, 0.1) is 18.2 Å². The second-order valence-electron chi connectivity index (χ2n) is 8.28. The van der Waals surface area contributed by atoms with Gasteiger partial charge in [0.25, 0.3) is 5.91 Å². The van der Waals surface area contributed by atoms with Gasteiger partial charge in [-0.1, -0.05) is 5.92 Å². The zero-order chi connectivity index (χ0) is 24.0. The summed E-state index contributed by atoms with van der Waals surface area (Å²) >= 11 is 0. The molecule has 2 aromatic carbocycles. The van der Waals surface area contributed by atoms with Crippen molar-refractivity contribution in [1.82, 2.24) is 0 Å². The number of benzene rings is 2. The summed E-state index contributed by atoms with van der Waals surface area (Å²) in [6.45, 7) is 0.0652. The number of terminal acetylenes is 1. The van der Waals surface area contributed by atoms with E-state index in [9.17, 15) is 27.9 Å². The van der Waals surface area contributed by atoms with Gasteiger partial charge in [-0.2, -0.15) is 13.2 Å². The Morgan fingerprint density at radius 3 is 2.61 bits per heavy atom. The number of alkyl halides is 3. The molecule has 33 heavy (non-hydrogen) atoms. The number of ether oxygens (including phenoxy) is 2. The van der Waals surface area contributed by atoms with Gasteiger partial charge in [-0.15, -0.1) is 6.42 Å². The van der Waals surface area contributed by atoms with E-state index in [1.165, 1.54) is 31.4 Å². The van der Waals surface area contributed by atoms with Crippen LogP contribution in [0.5, 0.6) is 5.75 Å². The number of esters is 1. The third kappa shape index (κ3) is 4.14. The van der Waals surface area contributed by atoms with E-state index in [1.54, 1.807) is 0 Å². The van der Waals surface area contributed by atoms with Crippen molar-refractivity contribution in [3.8, 4) is 18.1 Å². The number of carbonyl (C=O) groups excluding carboxylic acids is 2. The summed E-state index contributed by atoms with van der Waals surface area (Å²) in [5.41, 5.74) is -2.58. The van der Waals surface area contributed by atoms with Crippen LogP contribution in [-0.2, 0) is 27.7 Å². The van der Waals surface area contributed by atoms with Crippen LogP contribution in [0.25, 0.3) is 0 Å². The smallest absolute Gasteiger partial charge is 0.416 e. The van der Waals surface area contributed by atoms with Crippen molar-refractivity contribution in [2.45, 2.75) is 43.1 Å². The van der Waals surface area contributed by atoms with E-state index in [2.05, 4.69) is 11.2 Å². The van der Waals surface area contributed by atoms with Crippen molar-refractivity contribution in [1.29, 1.82) is 0 Å². The summed E-state index contributed by atoms with van der Waals surface area (Å²) in [7, 11) is 1.34. The maximum absolute atomic E-state index is 13.3. The van der Waals surface area contributed by atoms with Crippen LogP contribution in [0.15, 0.2) is 36.4 Å². The third-order valence-electron chi connectivity index (χ3n) is 6.10. The summed E-state index contributed by atoms with van der Waals surface area (Å²) in [6.07, 6.45) is 1.53. The Balaban J connectivity index is 1.60. The molecule has 1 fully saturated rings. The maximum atomic E-state index is 13.3. The lowest BCUT2D eigenvalue weighted by molar-refractivity contribution is -0.137. The first kappa shape index (κ1) is 22.7. The van der Waals surface area contributed by atoms with Gasteiger partial charge in [-0.3, -0.25) is 4.79 Å². The highest BCUT2D eigenvalue weighted by molar-refractivity contribution is 6.00. The van der Waals surface area contributed by atoms with Gasteiger partial charge in [-0.05, 0) is 49.2 Å². The average Bonchev–Trinajstić information content (AvgIpc) is 3.47. The quantitative estimate of drug-likeness (QED) is 0.507. The summed E-state index contributed by atoms with van der Waals surface area (Å²) in [4.78, 5) is 24.5. The number of hydrogen-bond acceptors (Lipinski definition) is 5. The number of anilines is 1. The van der Waals surface area contributed by atoms with Crippen molar-refractivity contribution in [2.24, 2.45) is 0 Å². The highest BCUT2D eigenvalue weighted by Gasteiger charge is 2.53. The molecule has 4 rings (SSSR count). The molecule has 0 aromatic heterocycles. The van der Waals surface area contributed by atoms with Crippen LogP contribution >= 0.6 is 0 Å². The van der Waals surface area contributed by atoms with Crippen molar-refractivity contribution in [3.05, 3.63) is 58.7 Å². The van der Waals surface area contributed by atoms with E-state index in [4.69, 9.17) is 15.9 Å². The topological polar surface area (TPSA) is 84.9 Å². The van der Waals surface area contributed by atoms with E-state index >= 15 is 0 Å². The lowest BCUT2D eigenvalue weighted by atomic mass is 9.82. The van der Waals surface area contributed by atoms with E-state index < -0.39 is 34.6 Å². The lowest BCUT2D eigenvalue weighted by Gasteiger charge is -2.28. The Labute approximate surface area is 187 Å². The number of methoxy groups -OCH3 is 1. The molecule has 1 heterocycles. The summed E-state index contributed by atoms with van der Waals surface area (Å²) < 4.78 is 50.0. The molecule has 0 spiro atoms. The molecule has 2 aliphatic rings. The van der Waals surface area contributed by atoms with Gasteiger partial charge in [0.15, 0.2) is 0 Å². The fourth-order valence-corrected chi connectivity index (χ4v) is 4.12. The van der Waals surface area contributed by atoms with Crippen LogP contribution in [0.4, 0.5) is 18.9 Å². The lowest BCUT2D eigenvalue weighted by Crippen LogP contribution is -2.44. The Hall–Kier alpha value is -3.51. The van der Waals surface area contributed by atoms with Crippen molar-refractivity contribution >= 4 is 17.6 Å². The molecule has 2 N–H and O–H groups in total. The van der Waals surface area contributed by atoms with Crippen LogP contribution in [-0.4, -0.2) is 29.7 Å². The summed E-state index contributed by atoms with van der Waals surface area (Å²) in [6, 6.07) is 7.63. The fourth-order valence-electron chi connectivity index (χ4n) is 4.12. The molecule has 9 heteroatoms. The van der Waals surface area contributed by atoms with Crippen LogP contribution in [0, 0.1) is 12.3 Å². The van der Waals surface area contributed by atoms with Gasteiger partial charge in [0.2, 0.25) is 5.60 Å². The Morgan fingerprint density at radius 1 is 1.27 bits per heavy atom. The molecule has 1 aliphatic heterocycles. The highest BCUT2D eigenvalue weighted by Crippen LogP contribution is 2.56. The third-order valence-corrected chi connectivity index (χ3v) is 6.10. The van der Waals surface area contributed by atoms with Gasteiger partial charge in [0, 0.05) is 28.7 Å². The van der Waals surface area contributed by atoms with Crippen LogP contribution in [0.3, 0.4) is 0 Å². The summed E-state index contributed by atoms with van der Waals surface area (Å²) in [5.74, 6) is 0.973. The minimum Gasteiger partial charge on any atom is -0.496 e. The number of rotatable bonds is 6. The Kier molecular flexibility index (Phi) is 5.37. The molecule has 172 valence electrons. The number of halogens is 3. The molecular weight excluding hydrogens is 439 g/mol. The van der Waals surface area contributed by atoms with Crippen molar-refractivity contribution in [3.63, 3.8) is 0 Å². The second kappa shape index (κ2) is 7.81. The normalized spacial score (nSPS) is 17.9. The number of amides is 1. The first-order chi connectivity index (χ1) is 15.5. The van der Waals surface area contributed by atoms with Gasteiger partial charge in [0.1, 0.15) is 12.4 Å². The molecule has 6 nitrogen and oxygen atoms in total. The molecule has 1 atom stereocenters. The van der Waals surface area contributed by atoms with Gasteiger partial charge >= 0.3 is 12.1 Å². The minimum absolute atomic E-state index is 0.0652. The number of hydrogen-bond donors (Lipinski definition) is 2. The fraction of sp³-hybridized carbons (Fsp3) is 0.333. The van der Waals surface area contributed by atoms with Crippen molar-refractivity contribution in [2.75, 3.05) is 12.4 Å². The molecule has 2 aromatic rings. The molecule has 1 saturated carbocycles. The second-order valence-corrected chi connectivity index (χ2v) is 8.28. The molecule has 0 radical (unpaired) electrons. The molecule has 1 amide bonds. The SMILES string of the molecule is C#CC(O)(CC1(c2cc(C(F)(F)F)ccc2OC)CC1)C(=O)Nc1ccc2c(c1)COC2=O. The largest absolute Gasteiger partial charge is 0.496 e. The number of carbonyl (C=O) groups is 2. The molecule has 1 aliphatic carbocycles. The zero-order valence-electron chi connectivity index (χ0n) is 17.6. The monoisotopic (exact) mass is 459 g/mol. The molecule has 0 bridgehead atoms. The highest BCUT2D eigenvalue weighted by atomic mass is 19.4. The Morgan fingerprint density at radius 2 is 2.00 bits per heavy atom. The predicted octanol–water partition coefficient (Wildman–Crippen LogP) is 3.81. The zero-order valence-corrected chi connectivity index (χ0v) is 17.6.